The number of rotatable bonds is 1. The van der Waals surface area contributed by atoms with E-state index in [9.17, 15) is 9.59 Å². The van der Waals surface area contributed by atoms with Crippen molar-refractivity contribution in [3.8, 4) is 0 Å². The molecular weight excluding hydrogens is 220 g/mol. The van der Waals surface area contributed by atoms with Crippen LogP contribution in [-0.4, -0.2) is 18.7 Å². The van der Waals surface area contributed by atoms with Crippen LogP contribution in [-0.2, 0) is 21.1 Å². The van der Waals surface area contributed by atoms with E-state index in [1.54, 1.807) is 18.7 Å². The van der Waals surface area contributed by atoms with Crippen molar-refractivity contribution in [3.05, 3.63) is 33.2 Å². The molecule has 0 unspecified atom stereocenters. The van der Waals surface area contributed by atoms with E-state index in [1.165, 1.54) is 11.6 Å². The van der Waals surface area contributed by atoms with Crippen molar-refractivity contribution >= 4 is 16.7 Å². The fraction of sp³-hybridized carbons (Fsp3) is 0.364. The lowest BCUT2D eigenvalue weighted by Gasteiger charge is -2.03. The summed E-state index contributed by atoms with van der Waals surface area (Å²) in [5.74, 6) is 0.610. The summed E-state index contributed by atoms with van der Waals surface area (Å²) >= 11 is 0. The zero-order valence-electron chi connectivity index (χ0n) is 10.3. The minimum atomic E-state index is -0.381. The van der Waals surface area contributed by atoms with Crippen LogP contribution in [0.4, 0.5) is 0 Å². The molecule has 6 nitrogen and oxygen atoms in total. The van der Waals surface area contributed by atoms with E-state index in [1.807, 2.05) is 6.92 Å². The van der Waals surface area contributed by atoms with Crippen LogP contribution in [0.1, 0.15) is 12.7 Å². The average Bonchev–Trinajstić information content (AvgIpc) is 2.62. The van der Waals surface area contributed by atoms with Gasteiger partial charge in [0, 0.05) is 21.1 Å². The number of allylic oxidation sites excluding steroid dienone is 1. The highest BCUT2D eigenvalue weighted by molar-refractivity contribution is 5.75. The molecule has 0 spiro atoms. The van der Waals surface area contributed by atoms with Crippen LogP contribution in [0.25, 0.3) is 16.7 Å². The molecule has 2 aromatic rings. The van der Waals surface area contributed by atoms with Gasteiger partial charge in [0.25, 0.3) is 5.56 Å². The molecule has 0 fully saturated rings. The molecule has 0 aliphatic rings. The number of nitrogens with zero attached hydrogens (tertiary/aromatic N) is 4. The predicted octanol–water partition coefficient (Wildman–Crippen LogP) is 0.00380. The lowest BCUT2D eigenvalue weighted by molar-refractivity contribution is 0.705. The quantitative estimate of drug-likeness (QED) is 0.698. The standard InChI is InChI=1S/C11H14N4O2/c1-6(2)8-12-9-7(13(8)3)10(16)15(5)11(17)14(9)4/h1H2,2-5H3. The molecular formula is C11H14N4O2. The Morgan fingerprint density at radius 2 is 1.71 bits per heavy atom. The minimum Gasteiger partial charge on any atom is -0.322 e. The maximum atomic E-state index is 12.0. The molecule has 6 heteroatoms. The van der Waals surface area contributed by atoms with Crippen molar-refractivity contribution < 1.29 is 0 Å². The van der Waals surface area contributed by atoms with E-state index in [0.717, 1.165) is 10.1 Å². The number of hydrogen-bond donors (Lipinski definition) is 0. The van der Waals surface area contributed by atoms with Crippen molar-refractivity contribution in [1.82, 2.24) is 18.7 Å². The molecule has 0 saturated carbocycles. The van der Waals surface area contributed by atoms with Crippen LogP contribution >= 0.6 is 0 Å². The number of hydrogen-bond acceptors (Lipinski definition) is 3. The highest BCUT2D eigenvalue weighted by Crippen LogP contribution is 2.14. The summed E-state index contributed by atoms with van der Waals surface area (Å²) in [5.41, 5.74) is 0.823. The molecule has 90 valence electrons. The highest BCUT2D eigenvalue weighted by atomic mass is 16.2. The van der Waals surface area contributed by atoms with Crippen molar-refractivity contribution in [2.45, 2.75) is 6.92 Å². The molecule has 17 heavy (non-hydrogen) atoms. The average molecular weight is 234 g/mol. The van der Waals surface area contributed by atoms with Gasteiger partial charge in [0.1, 0.15) is 5.82 Å². The van der Waals surface area contributed by atoms with Gasteiger partial charge >= 0.3 is 5.69 Å². The summed E-state index contributed by atoms with van der Waals surface area (Å²) in [7, 11) is 4.79. The van der Waals surface area contributed by atoms with E-state index >= 15 is 0 Å². The van der Waals surface area contributed by atoms with Gasteiger partial charge in [-0.1, -0.05) is 6.58 Å². The Morgan fingerprint density at radius 3 is 2.24 bits per heavy atom. The Bertz CT molecular complexity index is 745. The molecule has 0 radical (unpaired) electrons. The molecule has 2 aromatic heterocycles. The predicted molar refractivity (Wildman–Crippen MR) is 65.9 cm³/mol. The van der Waals surface area contributed by atoms with Gasteiger partial charge < -0.3 is 4.57 Å². The first kappa shape index (κ1) is 11.4. The fourth-order valence-electron chi connectivity index (χ4n) is 1.90. The zero-order chi connectivity index (χ0) is 12.9. The molecule has 0 atom stereocenters. The molecule has 0 bridgehead atoms. The smallest absolute Gasteiger partial charge is 0.322 e. The monoisotopic (exact) mass is 234 g/mol. The zero-order valence-corrected chi connectivity index (χ0v) is 10.3. The van der Waals surface area contributed by atoms with Gasteiger partial charge in [-0.15, -0.1) is 0 Å². The van der Waals surface area contributed by atoms with Crippen LogP contribution < -0.4 is 11.2 Å². The van der Waals surface area contributed by atoms with Crippen molar-refractivity contribution in [1.29, 1.82) is 0 Å². The minimum absolute atomic E-state index is 0.342. The van der Waals surface area contributed by atoms with E-state index in [4.69, 9.17) is 0 Å². The van der Waals surface area contributed by atoms with Crippen LogP contribution in [0.3, 0.4) is 0 Å². The SMILES string of the molecule is C=C(C)c1nc2c(c(=O)n(C)c(=O)n2C)n1C. The lowest BCUT2D eigenvalue weighted by Crippen LogP contribution is -2.37. The van der Waals surface area contributed by atoms with E-state index in [2.05, 4.69) is 11.6 Å². The lowest BCUT2D eigenvalue weighted by atomic mass is 10.3. The third kappa shape index (κ3) is 1.37. The second-order valence-electron chi connectivity index (χ2n) is 4.15. The van der Waals surface area contributed by atoms with Crippen molar-refractivity contribution in [2.24, 2.45) is 21.1 Å². The fourth-order valence-corrected chi connectivity index (χ4v) is 1.90. The van der Waals surface area contributed by atoms with Gasteiger partial charge in [0.15, 0.2) is 11.2 Å². The normalized spacial score (nSPS) is 11.1. The van der Waals surface area contributed by atoms with E-state index in [0.29, 0.717) is 17.0 Å². The Balaban J connectivity index is 3.14. The molecule has 2 heterocycles. The molecule has 0 aliphatic heterocycles. The van der Waals surface area contributed by atoms with Crippen molar-refractivity contribution in [3.63, 3.8) is 0 Å². The van der Waals surface area contributed by atoms with Gasteiger partial charge in [-0.05, 0) is 12.5 Å². The van der Waals surface area contributed by atoms with Gasteiger partial charge in [-0.25, -0.2) is 9.78 Å². The number of aryl methyl sites for hydroxylation is 2. The van der Waals surface area contributed by atoms with Crippen LogP contribution in [0.2, 0.25) is 0 Å². The van der Waals surface area contributed by atoms with Crippen LogP contribution in [0, 0.1) is 0 Å². The third-order valence-corrected chi connectivity index (χ3v) is 2.86. The highest BCUT2D eigenvalue weighted by Gasteiger charge is 2.16. The molecule has 0 N–H and O–H groups in total. The number of imidazole rings is 1. The summed E-state index contributed by atoms with van der Waals surface area (Å²) < 4.78 is 4.11. The number of fused-ring (bicyclic) bond motifs is 1. The first-order valence-corrected chi connectivity index (χ1v) is 5.14. The summed E-state index contributed by atoms with van der Waals surface area (Å²) in [4.78, 5) is 28.1. The molecule has 2 rings (SSSR count). The largest absolute Gasteiger partial charge is 0.332 e. The maximum absolute atomic E-state index is 12.0. The Hall–Kier alpha value is -2.11. The van der Waals surface area contributed by atoms with Crippen LogP contribution in [0.15, 0.2) is 16.2 Å². The molecule has 0 aliphatic carbocycles. The third-order valence-electron chi connectivity index (χ3n) is 2.86. The molecule has 0 amide bonds. The maximum Gasteiger partial charge on any atom is 0.332 e. The van der Waals surface area contributed by atoms with Crippen molar-refractivity contribution in [2.75, 3.05) is 0 Å². The summed E-state index contributed by atoms with van der Waals surface area (Å²) in [6.45, 7) is 5.62. The second-order valence-corrected chi connectivity index (χ2v) is 4.15. The first-order valence-electron chi connectivity index (χ1n) is 5.14. The summed E-state index contributed by atoms with van der Waals surface area (Å²) in [6.07, 6.45) is 0. The Morgan fingerprint density at radius 1 is 1.12 bits per heavy atom. The Labute approximate surface area is 97.4 Å². The topological polar surface area (TPSA) is 61.8 Å². The first-order chi connectivity index (χ1) is 7.86. The van der Waals surface area contributed by atoms with E-state index in [-0.39, 0.29) is 11.2 Å². The second kappa shape index (κ2) is 3.44. The van der Waals surface area contributed by atoms with Gasteiger partial charge in [0.05, 0.1) is 0 Å². The summed E-state index contributed by atoms with van der Waals surface area (Å²) in [6, 6.07) is 0. The molecule has 0 saturated heterocycles. The van der Waals surface area contributed by atoms with Crippen LogP contribution in [0.5, 0.6) is 0 Å². The Kier molecular flexibility index (Phi) is 2.30. The summed E-state index contributed by atoms with van der Waals surface area (Å²) in [5, 5.41) is 0. The van der Waals surface area contributed by atoms with Gasteiger partial charge in [0.2, 0.25) is 0 Å². The number of aromatic nitrogens is 4. The van der Waals surface area contributed by atoms with Gasteiger partial charge in [-0.2, -0.15) is 0 Å². The van der Waals surface area contributed by atoms with E-state index < -0.39 is 0 Å². The van der Waals surface area contributed by atoms with Gasteiger partial charge in [-0.3, -0.25) is 13.9 Å². The molecule has 0 aromatic carbocycles.